The fourth-order valence-corrected chi connectivity index (χ4v) is 4.19. The van der Waals surface area contributed by atoms with Crippen LogP contribution in [0.1, 0.15) is 5.56 Å². The van der Waals surface area contributed by atoms with Gasteiger partial charge in [-0.2, -0.15) is 4.31 Å². The summed E-state index contributed by atoms with van der Waals surface area (Å²) in [5, 5.41) is 3.54. The Bertz CT molecular complexity index is 575. The van der Waals surface area contributed by atoms with E-state index >= 15 is 0 Å². The third-order valence-electron chi connectivity index (χ3n) is 3.29. The van der Waals surface area contributed by atoms with Gasteiger partial charge in [0, 0.05) is 24.7 Å². The lowest BCUT2D eigenvalue weighted by Crippen LogP contribution is -2.48. The van der Waals surface area contributed by atoms with Gasteiger partial charge in [0.25, 0.3) is 0 Å². The average Bonchev–Trinajstić information content (AvgIpc) is 2.39. The first kappa shape index (κ1) is 15.7. The Labute approximate surface area is 124 Å². The van der Waals surface area contributed by atoms with Crippen molar-refractivity contribution in [1.82, 2.24) is 9.62 Å². The Morgan fingerprint density at radius 2 is 2.25 bits per heavy atom. The van der Waals surface area contributed by atoms with Crippen molar-refractivity contribution in [3.63, 3.8) is 0 Å². The van der Waals surface area contributed by atoms with Crippen LogP contribution in [0.3, 0.4) is 0 Å². The van der Waals surface area contributed by atoms with Crippen LogP contribution in [0.4, 0.5) is 0 Å². The fraction of sp³-hybridized carbons (Fsp3) is 0.538. The zero-order valence-corrected chi connectivity index (χ0v) is 13.2. The number of ether oxygens (including phenoxy) is 1. The van der Waals surface area contributed by atoms with Gasteiger partial charge in [-0.25, -0.2) is 8.42 Å². The molecule has 20 heavy (non-hydrogen) atoms. The molecule has 0 saturated carbocycles. The molecule has 1 unspecified atom stereocenters. The van der Waals surface area contributed by atoms with Crippen LogP contribution in [-0.2, 0) is 14.8 Å². The minimum absolute atomic E-state index is 0.115. The molecule has 1 N–H and O–H groups in total. The number of halogens is 1. The Balaban J connectivity index is 2.25. The number of benzene rings is 1. The van der Waals surface area contributed by atoms with Crippen molar-refractivity contribution in [2.24, 2.45) is 0 Å². The molecule has 112 valence electrons. The standard InChI is InChI=1S/C13H19ClN2O3S/c1-10-7-11(14)3-4-13(10)20(17,18)16-5-6-19-12(9-16)8-15-2/h3-4,7,12,15H,5-6,8-9H2,1-2H3. The normalized spacial score (nSPS) is 21.1. The summed E-state index contributed by atoms with van der Waals surface area (Å²) in [4.78, 5) is 0.312. The topological polar surface area (TPSA) is 58.6 Å². The monoisotopic (exact) mass is 318 g/mol. The van der Waals surface area contributed by atoms with Crippen molar-refractivity contribution in [1.29, 1.82) is 0 Å². The molecule has 1 fully saturated rings. The zero-order chi connectivity index (χ0) is 14.8. The molecule has 1 aromatic carbocycles. The van der Waals surface area contributed by atoms with E-state index in [9.17, 15) is 8.42 Å². The SMILES string of the molecule is CNCC1CN(S(=O)(=O)c2ccc(Cl)cc2C)CCO1. The van der Waals surface area contributed by atoms with Gasteiger partial charge in [0.2, 0.25) is 10.0 Å². The molecule has 5 nitrogen and oxygen atoms in total. The van der Waals surface area contributed by atoms with E-state index < -0.39 is 10.0 Å². The van der Waals surface area contributed by atoms with E-state index in [-0.39, 0.29) is 6.10 Å². The highest BCUT2D eigenvalue weighted by Crippen LogP contribution is 2.24. The molecule has 2 rings (SSSR count). The van der Waals surface area contributed by atoms with Gasteiger partial charge in [-0.1, -0.05) is 11.6 Å². The summed E-state index contributed by atoms with van der Waals surface area (Å²) in [7, 11) is -1.67. The molecule has 0 aliphatic carbocycles. The van der Waals surface area contributed by atoms with Crippen molar-refractivity contribution in [2.75, 3.05) is 33.3 Å². The molecule has 1 aromatic rings. The first-order valence-corrected chi connectivity index (χ1v) is 8.29. The van der Waals surface area contributed by atoms with Gasteiger partial charge < -0.3 is 10.1 Å². The summed E-state index contributed by atoms with van der Waals surface area (Å²) in [6, 6.07) is 4.84. The molecule has 0 radical (unpaired) electrons. The third-order valence-corrected chi connectivity index (χ3v) is 5.55. The summed E-state index contributed by atoms with van der Waals surface area (Å²) in [5.41, 5.74) is 0.661. The van der Waals surface area contributed by atoms with E-state index in [1.807, 2.05) is 7.05 Å². The Hall–Kier alpha value is -0.660. The molecule has 1 heterocycles. The average molecular weight is 319 g/mol. The van der Waals surface area contributed by atoms with Crippen molar-refractivity contribution in [3.05, 3.63) is 28.8 Å². The quantitative estimate of drug-likeness (QED) is 0.908. The van der Waals surface area contributed by atoms with E-state index in [4.69, 9.17) is 16.3 Å². The number of nitrogens with zero attached hydrogens (tertiary/aromatic N) is 1. The van der Waals surface area contributed by atoms with E-state index in [1.165, 1.54) is 4.31 Å². The molecule has 1 aliphatic heterocycles. The lowest BCUT2D eigenvalue weighted by Gasteiger charge is -2.32. The molecule has 1 aliphatic rings. The summed E-state index contributed by atoms with van der Waals surface area (Å²) >= 11 is 5.88. The van der Waals surface area contributed by atoms with Crippen LogP contribution < -0.4 is 5.32 Å². The number of rotatable bonds is 4. The van der Waals surface area contributed by atoms with Crippen molar-refractivity contribution in [2.45, 2.75) is 17.9 Å². The highest BCUT2D eigenvalue weighted by molar-refractivity contribution is 7.89. The number of morpholine rings is 1. The number of hydrogen-bond donors (Lipinski definition) is 1. The summed E-state index contributed by atoms with van der Waals surface area (Å²) in [5.74, 6) is 0. The first-order chi connectivity index (χ1) is 9.45. The predicted molar refractivity (Wildman–Crippen MR) is 78.6 cm³/mol. The maximum Gasteiger partial charge on any atom is 0.243 e. The fourth-order valence-electron chi connectivity index (χ4n) is 2.30. The summed E-state index contributed by atoms with van der Waals surface area (Å²) in [6.07, 6.45) is -0.115. The van der Waals surface area contributed by atoms with Crippen LogP contribution in [0, 0.1) is 6.92 Å². The van der Waals surface area contributed by atoms with Gasteiger partial charge in [0.05, 0.1) is 17.6 Å². The molecule has 1 atom stereocenters. The smallest absolute Gasteiger partial charge is 0.243 e. The number of likely N-dealkylation sites (N-methyl/N-ethyl adjacent to an activating group) is 1. The lowest BCUT2D eigenvalue weighted by molar-refractivity contribution is 0.000813. The minimum Gasteiger partial charge on any atom is -0.374 e. The maximum absolute atomic E-state index is 12.7. The molecular weight excluding hydrogens is 300 g/mol. The van der Waals surface area contributed by atoms with Crippen LogP contribution >= 0.6 is 11.6 Å². The Kier molecular flexibility index (Phi) is 5.04. The molecule has 1 saturated heterocycles. The van der Waals surface area contributed by atoms with Crippen molar-refractivity contribution >= 4 is 21.6 Å². The van der Waals surface area contributed by atoms with Gasteiger partial charge in [-0.15, -0.1) is 0 Å². The molecule has 0 bridgehead atoms. The second kappa shape index (κ2) is 6.41. The van der Waals surface area contributed by atoms with Crippen LogP contribution in [-0.4, -0.2) is 52.1 Å². The van der Waals surface area contributed by atoms with Crippen LogP contribution in [0.2, 0.25) is 5.02 Å². The number of sulfonamides is 1. The highest BCUT2D eigenvalue weighted by atomic mass is 35.5. The van der Waals surface area contributed by atoms with Gasteiger partial charge in [0.1, 0.15) is 0 Å². The number of nitrogens with one attached hydrogen (secondary N) is 1. The molecule has 0 spiro atoms. The lowest BCUT2D eigenvalue weighted by atomic mass is 10.2. The molecule has 7 heteroatoms. The first-order valence-electron chi connectivity index (χ1n) is 6.47. The third kappa shape index (κ3) is 3.32. The minimum atomic E-state index is -3.49. The molecule has 0 amide bonds. The van der Waals surface area contributed by atoms with E-state index in [1.54, 1.807) is 25.1 Å². The van der Waals surface area contributed by atoms with E-state index in [2.05, 4.69) is 5.32 Å². The van der Waals surface area contributed by atoms with Crippen LogP contribution in [0.25, 0.3) is 0 Å². The second-order valence-corrected chi connectivity index (χ2v) is 7.17. The van der Waals surface area contributed by atoms with E-state index in [0.29, 0.717) is 41.7 Å². The van der Waals surface area contributed by atoms with Crippen molar-refractivity contribution < 1.29 is 13.2 Å². The Morgan fingerprint density at radius 3 is 2.90 bits per heavy atom. The second-order valence-electron chi connectivity index (χ2n) is 4.82. The number of hydrogen-bond acceptors (Lipinski definition) is 4. The van der Waals surface area contributed by atoms with Gasteiger partial charge in [0.15, 0.2) is 0 Å². The molecular formula is C13H19ClN2O3S. The largest absolute Gasteiger partial charge is 0.374 e. The Morgan fingerprint density at radius 1 is 1.50 bits per heavy atom. The number of aryl methyl sites for hydroxylation is 1. The summed E-state index contributed by atoms with van der Waals surface area (Å²) in [6.45, 7) is 3.55. The van der Waals surface area contributed by atoms with Gasteiger partial charge in [-0.05, 0) is 37.7 Å². The highest BCUT2D eigenvalue weighted by Gasteiger charge is 2.31. The van der Waals surface area contributed by atoms with Gasteiger partial charge in [-0.3, -0.25) is 0 Å². The van der Waals surface area contributed by atoms with E-state index in [0.717, 1.165) is 0 Å². The van der Waals surface area contributed by atoms with Crippen molar-refractivity contribution in [3.8, 4) is 0 Å². The summed E-state index contributed by atoms with van der Waals surface area (Å²) < 4.78 is 32.4. The maximum atomic E-state index is 12.7. The molecule has 0 aromatic heterocycles. The van der Waals surface area contributed by atoms with Gasteiger partial charge >= 0.3 is 0 Å². The zero-order valence-electron chi connectivity index (χ0n) is 11.6. The van der Waals surface area contributed by atoms with Crippen LogP contribution in [0.15, 0.2) is 23.1 Å². The predicted octanol–water partition coefficient (Wildman–Crippen LogP) is 1.26. The van der Waals surface area contributed by atoms with Crippen LogP contribution in [0.5, 0.6) is 0 Å².